The average molecular weight is 222 g/mol. The van der Waals surface area contributed by atoms with Crippen molar-refractivity contribution in [2.45, 2.75) is 18.5 Å². The van der Waals surface area contributed by atoms with Crippen LogP contribution in [0.25, 0.3) is 0 Å². The normalized spacial score (nSPS) is 22.6. The van der Waals surface area contributed by atoms with Gasteiger partial charge in [0.2, 0.25) is 0 Å². The minimum Gasteiger partial charge on any atom is -0.507 e. The SMILES string of the molecule is COc1ccc(O)c(C(=O)NC2CC2N)c1. The van der Waals surface area contributed by atoms with E-state index in [9.17, 15) is 9.90 Å². The molecule has 0 radical (unpaired) electrons. The second-order valence-corrected chi connectivity index (χ2v) is 3.86. The van der Waals surface area contributed by atoms with Gasteiger partial charge in [-0.15, -0.1) is 0 Å². The molecule has 0 spiro atoms. The zero-order valence-electron chi connectivity index (χ0n) is 8.93. The van der Waals surface area contributed by atoms with E-state index in [0.29, 0.717) is 5.75 Å². The Morgan fingerprint density at radius 2 is 2.31 bits per heavy atom. The summed E-state index contributed by atoms with van der Waals surface area (Å²) in [7, 11) is 1.50. The third-order valence-electron chi connectivity index (χ3n) is 2.60. The lowest BCUT2D eigenvalue weighted by molar-refractivity contribution is 0.0947. The monoisotopic (exact) mass is 222 g/mol. The largest absolute Gasteiger partial charge is 0.507 e. The molecule has 2 atom stereocenters. The standard InChI is InChI=1S/C11H14N2O3/c1-16-6-2-3-10(14)7(4-6)11(15)13-9-5-8(9)12/h2-4,8-9,14H,5,12H2,1H3,(H,13,15). The van der Waals surface area contributed by atoms with E-state index in [1.807, 2.05) is 0 Å². The molecule has 1 aliphatic rings. The molecule has 0 heterocycles. The molecule has 5 heteroatoms. The van der Waals surface area contributed by atoms with Gasteiger partial charge in [-0.1, -0.05) is 0 Å². The van der Waals surface area contributed by atoms with Crippen molar-refractivity contribution in [3.8, 4) is 11.5 Å². The summed E-state index contributed by atoms with van der Waals surface area (Å²) in [6.07, 6.45) is 0.788. The lowest BCUT2D eigenvalue weighted by Crippen LogP contribution is -2.29. The molecule has 86 valence electrons. The first-order chi connectivity index (χ1) is 7.61. The summed E-state index contributed by atoms with van der Waals surface area (Å²) in [4.78, 5) is 11.7. The van der Waals surface area contributed by atoms with Crippen LogP contribution in [0.5, 0.6) is 11.5 Å². The fourth-order valence-corrected chi connectivity index (χ4v) is 1.45. The van der Waals surface area contributed by atoms with Crippen molar-refractivity contribution in [2.24, 2.45) is 5.73 Å². The highest BCUT2D eigenvalue weighted by Gasteiger charge is 2.35. The molecule has 1 fully saturated rings. The van der Waals surface area contributed by atoms with Gasteiger partial charge in [0.05, 0.1) is 12.7 Å². The Balaban J connectivity index is 2.14. The van der Waals surface area contributed by atoms with Crippen LogP contribution in [0.3, 0.4) is 0 Å². The van der Waals surface area contributed by atoms with Crippen LogP contribution in [0.2, 0.25) is 0 Å². The van der Waals surface area contributed by atoms with Gasteiger partial charge in [-0.2, -0.15) is 0 Å². The molecule has 1 amide bonds. The zero-order chi connectivity index (χ0) is 11.7. The maximum atomic E-state index is 11.7. The number of hydrogen-bond acceptors (Lipinski definition) is 4. The maximum absolute atomic E-state index is 11.7. The molecule has 0 aromatic heterocycles. The second kappa shape index (κ2) is 4.02. The van der Waals surface area contributed by atoms with Crippen LogP contribution in [0.15, 0.2) is 18.2 Å². The lowest BCUT2D eigenvalue weighted by atomic mass is 10.1. The smallest absolute Gasteiger partial charge is 0.255 e. The highest BCUT2D eigenvalue weighted by atomic mass is 16.5. The Bertz CT molecular complexity index is 420. The number of benzene rings is 1. The number of rotatable bonds is 3. The maximum Gasteiger partial charge on any atom is 0.255 e. The number of carbonyl (C=O) groups is 1. The van der Waals surface area contributed by atoms with Gasteiger partial charge < -0.3 is 20.9 Å². The molecule has 2 unspecified atom stereocenters. The van der Waals surface area contributed by atoms with Crippen molar-refractivity contribution in [1.29, 1.82) is 0 Å². The Morgan fingerprint density at radius 1 is 1.62 bits per heavy atom. The molecule has 16 heavy (non-hydrogen) atoms. The van der Waals surface area contributed by atoms with Gasteiger partial charge in [-0.25, -0.2) is 0 Å². The first kappa shape index (κ1) is 10.8. The molecule has 0 saturated heterocycles. The summed E-state index contributed by atoms with van der Waals surface area (Å²) in [6, 6.07) is 4.59. The van der Waals surface area contributed by atoms with Crippen LogP contribution < -0.4 is 15.8 Å². The molecular weight excluding hydrogens is 208 g/mol. The molecule has 4 N–H and O–H groups in total. The minimum atomic E-state index is -0.325. The van der Waals surface area contributed by atoms with Gasteiger partial charge in [-0.05, 0) is 24.6 Å². The molecule has 1 aromatic rings. The van der Waals surface area contributed by atoms with E-state index in [0.717, 1.165) is 6.42 Å². The van der Waals surface area contributed by atoms with Gasteiger partial charge >= 0.3 is 0 Å². The third-order valence-corrected chi connectivity index (χ3v) is 2.60. The lowest BCUT2D eigenvalue weighted by Gasteiger charge is -2.07. The molecule has 1 saturated carbocycles. The molecule has 1 aromatic carbocycles. The Morgan fingerprint density at radius 3 is 2.88 bits per heavy atom. The summed E-state index contributed by atoms with van der Waals surface area (Å²) in [5.41, 5.74) is 5.79. The van der Waals surface area contributed by atoms with Crippen LogP contribution in [0.1, 0.15) is 16.8 Å². The number of methoxy groups -OCH3 is 1. The summed E-state index contributed by atoms with van der Waals surface area (Å²) < 4.78 is 4.99. The Hall–Kier alpha value is -1.75. The average Bonchev–Trinajstić information content (AvgIpc) is 2.94. The van der Waals surface area contributed by atoms with Gasteiger partial charge in [0.15, 0.2) is 0 Å². The van der Waals surface area contributed by atoms with Crippen LogP contribution in [0, 0.1) is 0 Å². The molecular formula is C11H14N2O3. The van der Waals surface area contributed by atoms with Gasteiger partial charge in [0.1, 0.15) is 11.5 Å². The van der Waals surface area contributed by atoms with E-state index in [4.69, 9.17) is 10.5 Å². The molecule has 0 bridgehead atoms. The minimum absolute atomic E-state index is 0.0260. The summed E-state index contributed by atoms with van der Waals surface area (Å²) in [5.74, 6) is 0.143. The summed E-state index contributed by atoms with van der Waals surface area (Å²) in [5, 5.41) is 12.3. The van der Waals surface area contributed by atoms with Crippen LogP contribution in [0.4, 0.5) is 0 Å². The number of nitrogens with one attached hydrogen (secondary N) is 1. The van der Waals surface area contributed by atoms with Crippen LogP contribution >= 0.6 is 0 Å². The van der Waals surface area contributed by atoms with E-state index in [-0.39, 0.29) is 29.3 Å². The van der Waals surface area contributed by atoms with Gasteiger partial charge in [0.25, 0.3) is 5.91 Å². The van der Waals surface area contributed by atoms with Crippen LogP contribution in [-0.2, 0) is 0 Å². The predicted molar refractivity (Wildman–Crippen MR) is 58.5 cm³/mol. The van der Waals surface area contributed by atoms with E-state index in [2.05, 4.69) is 5.32 Å². The number of ether oxygens (including phenoxy) is 1. The number of carbonyl (C=O) groups excluding carboxylic acids is 1. The Labute approximate surface area is 93.2 Å². The second-order valence-electron chi connectivity index (χ2n) is 3.86. The van der Waals surface area contributed by atoms with Gasteiger partial charge in [0, 0.05) is 12.1 Å². The highest BCUT2D eigenvalue weighted by Crippen LogP contribution is 2.24. The fraction of sp³-hybridized carbons (Fsp3) is 0.364. The quantitative estimate of drug-likeness (QED) is 0.683. The predicted octanol–water partition coefficient (Wildman–Crippen LogP) is 0.230. The van der Waals surface area contributed by atoms with E-state index in [1.165, 1.54) is 19.2 Å². The van der Waals surface area contributed by atoms with Crippen molar-refractivity contribution in [2.75, 3.05) is 7.11 Å². The first-order valence-electron chi connectivity index (χ1n) is 5.05. The van der Waals surface area contributed by atoms with Gasteiger partial charge in [-0.3, -0.25) is 4.79 Å². The van der Waals surface area contributed by atoms with Crippen molar-refractivity contribution >= 4 is 5.91 Å². The van der Waals surface area contributed by atoms with Crippen molar-refractivity contribution in [3.05, 3.63) is 23.8 Å². The molecule has 1 aliphatic carbocycles. The first-order valence-corrected chi connectivity index (χ1v) is 5.05. The number of nitrogens with two attached hydrogens (primary N) is 1. The zero-order valence-corrected chi connectivity index (χ0v) is 8.93. The highest BCUT2D eigenvalue weighted by molar-refractivity contribution is 5.97. The number of hydrogen-bond donors (Lipinski definition) is 3. The molecule has 5 nitrogen and oxygen atoms in total. The fourth-order valence-electron chi connectivity index (χ4n) is 1.45. The summed E-state index contributed by atoms with van der Waals surface area (Å²) >= 11 is 0. The topological polar surface area (TPSA) is 84.6 Å². The Kier molecular flexibility index (Phi) is 2.70. The number of amides is 1. The van der Waals surface area contributed by atoms with E-state index < -0.39 is 0 Å². The summed E-state index contributed by atoms with van der Waals surface area (Å²) in [6.45, 7) is 0. The number of aromatic hydroxyl groups is 1. The number of phenols is 1. The van der Waals surface area contributed by atoms with Crippen molar-refractivity contribution < 1.29 is 14.6 Å². The van der Waals surface area contributed by atoms with Crippen LogP contribution in [-0.4, -0.2) is 30.2 Å². The van der Waals surface area contributed by atoms with E-state index >= 15 is 0 Å². The molecule has 0 aliphatic heterocycles. The molecule has 2 rings (SSSR count). The van der Waals surface area contributed by atoms with Crippen molar-refractivity contribution in [3.63, 3.8) is 0 Å². The van der Waals surface area contributed by atoms with Crippen molar-refractivity contribution in [1.82, 2.24) is 5.32 Å². The third kappa shape index (κ3) is 2.09. The number of phenolic OH excluding ortho intramolecular Hbond substituents is 1. The van der Waals surface area contributed by atoms with E-state index in [1.54, 1.807) is 6.07 Å².